The molecule has 0 N–H and O–H groups in total. The fourth-order valence-corrected chi connectivity index (χ4v) is 3.51. The largest absolute Gasteiger partial charge is 0.306 e. The SMILES string of the molecule is CN(C)[C@H]1Cc2ccccc2[C@H](c2ccccc2Cl)C1. The highest BCUT2D eigenvalue weighted by molar-refractivity contribution is 6.31. The predicted octanol–water partition coefficient (Wildman–Crippen LogP) is 4.35. The number of rotatable bonds is 2. The van der Waals surface area contributed by atoms with Gasteiger partial charge < -0.3 is 4.90 Å². The lowest BCUT2D eigenvalue weighted by Crippen LogP contribution is -2.35. The van der Waals surface area contributed by atoms with E-state index < -0.39 is 0 Å². The van der Waals surface area contributed by atoms with Gasteiger partial charge in [-0.1, -0.05) is 54.1 Å². The number of nitrogens with zero attached hydrogens (tertiary/aromatic N) is 1. The summed E-state index contributed by atoms with van der Waals surface area (Å²) in [7, 11) is 4.34. The van der Waals surface area contributed by atoms with Crippen molar-refractivity contribution in [2.75, 3.05) is 14.1 Å². The van der Waals surface area contributed by atoms with E-state index in [1.807, 2.05) is 12.1 Å². The first kappa shape index (κ1) is 13.7. The van der Waals surface area contributed by atoms with E-state index in [0.717, 1.165) is 17.9 Å². The van der Waals surface area contributed by atoms with Crippen molar-refractivity contribution < 1.29 is 0 Å². The fraction of sp³-hybridized carbons (Fsp3) is 0.333. The summed E-state index contributed by atoms with van der Waals surface area (Å²) in [6.45, 7) is 0. The van der Waals surface area contributed by atoms with Crippen LogP contribution in [0.2, 0.25) is 5.02 Å². The standard InChI is InChI=1S/C18H20ClN/c1-20(2)14-11-13-7-3-4-8-15(13)17(12-14)16-9-5-6-10-18(16)19/h3-10,14,17H,11-12H2,1-2H3/t14-,17+/m0/s1. The quantitative estimate of drug-likeness (QED) is 0.793. The summed E-state index contributed by atoms with van der Waals surface area (Å²) >= 11 is 6.44. The van der Waals surface area contributed by atoms with Gasteiger partial charge in [0.15, 0.2) is 0 Å². The summed E-state index contributed by atoms with van der Waals surface area (Å²) in [5, 5.41) is 0.881. The number of likely N-dealkylation sites (N-methyl/N-ethyl adjacent to an activating group) is 1. The Kier molecular flexibility index (Phi) is 3.82. The van der Waals surface area contributed by atoms with Crippen molar-refractivity contribution in [1.29, 1.82) is 0 Å². The zero-order chi connectivity index (χ0) is 14.1. The van der Waals surface area contributed by atoms with Crippen molar-refractivity contribution in [1.82, 2.24) is 4.90 Å². The van der Waals surface area contributed by atoms with Gasteiger partial charge in [-0.3, -0.25) is 0 Å². The molecule has 0 saturated heterocycles. The van der Waals surface area contributed by atoms with Crippen LogP contribution in [0.1, 0.15) is 29.0 Å². The Balaban J connectivity index is 2.07. The van der Waals surface area contributed by atoms with Gasteiger partial charge in [0.1, 0.15) is 0 Å². The van der Waals surface area contributed by atoms with Crippen LogP contribution >= 0.6 is 11.6 Å². The van der Waals surface area contributed by atoms with Gasteiger partial charge in [0.05, 0.1) is 0 Å². The Hall–Kier alpha value is -1.31. The van der Waals surface area contributed by atoms with Crippen molar-refractivity contribution >= 4 is 11.6 Å². The Bertz CT molecular complexity index is 606. The monoisotopic (exact) mass is 285 g/mol. The van der Waals surface area contributed by atoms with Crippen molar-refractivity contribution in [2.24, 2.45) is 0 Å². The molecular weight excluding hydrogens is 266 g/mol. The second-order valence-electron chi connectivity index (χ2n) is 5.83. The third-order valence-corrected chi connectivity index (χ3v) is 4.75. The molecule has 0 unspecified atom stereocenters. The molecule has 1 aliphatic carbocycles. The fourth-order valence-electron chi connectivity index (χ4n) is 3.24. The summed E-state index contributed by atoms with van der Waals surface area (Å²) in [6, 6.07) is 17.6. The summed E-state index contributed by atoms with van der Waals surface area (Å²) in [5.41, 5.74) is 4.16. The van der Waals surface area contributed by atoms with E-state index in [1.165, 1.54) is 16.7 Å². The number of halogens is 1. The lowest BCUT2D eigenvalue weighted by Gasteiger charge is -2.35. The summed E-state index contributed by atoms with van der Waals surface area (Å²) in [5.74, 6) is 0.404. The molecular formula is C18H20ClN. The first-order valence-corrected chi connectivity index (χ1v) is 7.53. The van der Waals surface area contributed by atoms with Crippen LogP contribution in [0.15, 0.2) is 48.5 Å². The number of benzene rings is 2. The first-order chi connectivity index (χ1) is 9.66. The molecule has 3 rings (SSSR count). The van der Waals surface area contributed by atoms with E-state index in [9.17, 15) is 0 Å². The van der Waals surface area contributed by atoms with Gasteiger partial charge in [-0.15, -0.1) is 0 Å². The van der Waals surface area contributed by atoms with E-state index in [2.05, 4.69) is 55.4 Å². The summed E-state index contributed by atoms with van der Waals surface area (Å²) in [6.07, 6.45) is 2.26. The second kappa shape index (κ2) is 5.59. The first-order valence-electron chi connectivity index (χ1n) is 7.15. The second-order valence-corrected chi connectivity index (χ2v) is 6.24. The molecule has 1 aliphatic rings. The molecule has 0 saturated carbocycles. The van der Waals surface area contributed by atoms with Crippen LogP contribution in [0.25, 0.3) is 0 Å². The van der Waals surface area contributed by atoms with Gasteiger partial charge in [-0.05, 0) is 49.7 Å². The highest BCUT2D eigenvalue weighted by Gasteiger charge is 2.29. The van der Waals surface area contributed by atoms with Crippen molar-refractivity contribution in [3.05, 3.63) is 70.2 Å². The Morgan fingerprint density at radius 3 is 2.30 bits per heavy atom. The maximum atomic E-state index is 6.44. The Morgan fingerprint density at radius 1 is 0.950 bits per heavy atom. The third-order valence-electron chi connectivity index (χ3n) is 4.40. The van der Waals surface area contributed by atoms with Crippen molar-refractivity contribution in [3.63, 3.8) is 0 Å². The smallest absolute Gasteiger partial charge is 0.0444 e. The van der Waals surface area contributed by atoms with Gasteiger partial charge in [0.25, 0.3) is 0 Å². The van der Waals surface area contributed by atoms with Crippen molar-refractivity contribution in [2.45, 2.75) is 24.8 Å². The van der Waals surface area contributed by atoms with E-state index in [0.29, 0.717) is 12.0 Å². The van der Waals surface area contributed by atoms with Crippen molar-refractivity contribution in [3.8, 4) is 0 Å². The molecule has 0 aromatic heterocycles. The van der Waals surface area contributed by atoms with Crippen LogP contribution in [0.4, 0.5) is 0 Å². The maximum Gasteiger partial charge on any atom is 0.0444 e. The maximum absolute atomic E-state index is 6.44. The molecule has 2 aromatic rings. The molecule has 0 aliphatic heterocycles. The highest BCUT2D eigenvalue weighted by atomic mass is 35.5. The molecule has 0 fully saturated rings. The minimum Gasteiger partial charge on any atom is -0.306 e. The Morgan fingerprint density at radius 2 is 1.60 bits per heavy atom. The van der Waals surface area contributed by atoms with E-state index in [1.54, 1.807) is 0 Å². The van der Waals surface area contributed by atoms with E-state index >= 15 is 0 Å². The van der Waals surface area contributed by atoms with Crippen LogP contribution < -0.4 is 0 Å². The Labute approximate surface area is 126 Å². The van der Waals surface area contributed by atoms with E-state index in [-0.39, 0.29) is 0 Å². The van der Waals surface area contributed by atoms with Gasteiger partial charge in [-0.25, -0.2) is 0 Å². The molecule has 2 heteroatoms. The molecule has 0 spiro atoms. The zero-order valence-corrected chi connectivity index (χ0v) is 12.8. The predicted molar refractivity (Wildman–Crippen MR) is 85.5 cm³/mol. The van der Waals surface area contributed by atoms with Crippen LogP contribution in [0.3, 0.4) is 0 Å². The molecule has 20 heavy (non-hydrogen) atoms. The zero-order valence-electron chi connectivity index (χ0n) is 12.0. The summed E-state index contributed by atoms with van der Waals surface area (Å²) < 4.78 is 0. The van der Waals surface area contributed by atoms with Gasteiger partial charge in [0.2, 0.25) is 0 Å². The number of hydrogen-bond donors (Lipinski definition) is 0. The third kappa shape index (κ3) is 2.48. The number of fused-ring (bicyclic) bond motifs is 1. The summed E-state index contributed by atoms with van der Waals surface area (Å²) in [4.78, 5) is 2.33. The van der Waals surface area contributed by atoms with Crippen LogP contribution in [0, 0.1) is 0 Å². The minimum atomic E-state index is 0.404. The molecule has 1 nitrogen and oxygen atoms in total. The lowest BCUT2D eigenvalue weighted by atomic mass is 9.76. The topological polar surface area (TPSA) is 3.24 Å². The van der Waals surface area contributed by atoms with Crippen LogP contribution in [-0.2, 0) is 6.42 Å². The van der Waals surface area contributed by atoms with Gasteiger partial charge >= 0.3 is 0 Å². The lowest BCUT2D eigenvalue weighted by molar-refractivity contribution is 0.258. The molecule has 2 atom stereocenters. The number of hydrogen-bond acceptors (Lipinski definition) is 1. The van der Waals surface area contributed by atoms with E-state index in [4.69, 9.17) is 11.6 Å². The normalized spacial score (nSPS) is 21.8. The highest BCUT2D eigenvalue weighted by Crippen LogP contribution is 2.40. The molecule has 0 bridgehead atoms. The average molecular weight is 286 g/mol. The minimum absolute atomic E-state index is 0.404. The molecule has 0 amide bonds. The van der Waals surface area contributed by atoms with Gasteiger partial charge in [-0.2, -0.15) is 0 Å². The molecule has 2 aromatic carbocycles. The molecule has 104 valence electrons. The van der Waals surface area contributed by atoms with Crippen LogP contribution in [-0.4, -0.2) is 25.0 Å². The molecule has 0 radical (unpaired) electrons. The van der Waals surface area contributed by atoms with Gasteiger partial charge in [0, 0.05) is 17.0 Å². The molecule has 0 heterocycles. The average Bonchev–Trinajstić information content (AvgIpc) is 2.46. The van der Waals surface area contributed by atoms with Crippen LogP contribution in [0.5, 0.6) is 0 Å².